The molecule has 1 aromatic heterocycles. The van der Waals surface area contributed by atoms with Gasteiger partial charge in [-0.15, -0.1) is 0 Å². The molecule has 13 heavy (non-hydrogen) atoms. The second kappa shape index (κ2) is 5.32. The van der Waals surface area contributed by atoms with E-state index in [9.17, 15) is 0 Å². The molecule has 1 atom stereocenters. The largest absolute Gasteiger partial charge is 0.330 e. The molecule has 1 rings (SSSR count). The number of nitrogens with zero attached hydrogens (tertiary/aromatic N) is 1. The molecule has 0 radical (unpaired) electrons. The maximum absolute atomic E-state index is 5.92. The zero-order chi connectivity index (χ0) is 9.68. The molecule has 1 aromatic rings. The van der Waals surface area contributed by atoms with Crippen molar-refractivity contribution in [3.8, 4) is 0 Å². The maximum atomic E-state index is 5.92. The molecule has 1 heterocycles. The van der Waals surface area contributed by atoms with Crippen molar-refractivity contribution in [3.05, 3.63) is 28.5 Å². The zero-order valence-electron chi connectivity index (χ0n) is 7.41. The number of hydrogen-bond donors (Lipinski definition) is 2. The quantitative estimate of drug-likeness (QED) is 0.790. The standard InChI is InChI=1S/C9H14BrN3/c10-9-4-3-7(6-13-9)8(12)2-1-5-11/h3-4,6,8H,1-2,5,11-12H2/t8-/m0/s1. The highest BCUT2D eigenvalue weighted by Crippen LogP contribution is 2.15. The van der Waals surface area contributed by atoms with Gasteiger partial charge in [0.1, 0.15) is 4.60 Å². The molecular formula is C9H14BrN3. The van der Waals surface area contributed by atoms with Gasteiger partial charge in [-0.25, -0.2) is 4.98 Å². The summed E-state index contributed by atoms with van der Waals surface area (Å²) < 4.78 is 0.835. The maximum Gasteiger partial charge on any atom is 0.106 e. The SMILES string of the molecule is NCCC[C@H](N)c1ccc(Br)nc1. The molecule has 0 aliphatic heterocycles. The van der Waals surface area contributed by atoms with Crippen molar-refractivity contribution in [1.29, 1.82) is 0 Å². The first kappa shape index (κ1) is 10.6. The van der Waals surface area contributed by atoms with Gasteiger partial charge in [-0.1, -0.05) is 6.07 Å². The molecule has 4 heteroatoms. The van der Waals surface area contributed by atoms with Gasteiger partial charge in [0.2, 0.25) is 0 Å². The molecule has 0 amide bonds. The minimum atomic E-state index is 0.0594. The normalized spacial score (nSPS) is 12.8. The summed E-state index contributed by atoms with van der Waals surface area (Å²) in [5.74, 6) is 0. The number of hydrogen-bond acceptors (Lipinski definition) is 3. The molecule has 0 saturated heterocycles. The number of nitrogens with two attached hydrogens (primary N) is 2. The number of aromatic nitrogens is 1. The van der Waals surface area contributed by atoms with Crippen LogP contribution < -0.4 is 11.5 Å². The van der Waals surface area contributed by atoms with Crippen molar-refractivity contribution in [2.75, 3.05) is 6.54 Å². The summed E-state index contributed by atoms with van der Waals surface area (Å²) in [6, 6.07) is 3.94. The van der Waals surface area contributed by atoms with E-state index in [0.29, 0.717) is 6.54 Å². The number of rotatable bonds is 4. The fourth-order valence-electron chi connectivity index (χ4n) is 1.11. The molecule has 4 N–H and O–H groups in total. The van der Waals surface area contributed by atoms with E-state index in [1.54, 1.807) is 6.20 Å². The lowest BCUT2D eigenvalue weighted by Crippen LogP contribution is -2.12. The van der Waals surface area contributed by atoms with Crippen LogP contribution >= 0.6 is 15.9 Å². The van der Waals surface area contributed by atoms with Crippen LogP contribution in [0.2, 0.25) is 0 Å². The van der Waals surface area contributed by atoms with Gasteiger partial charge in [0, 0.05) is 12.2 Å². The van der Waals surface area contributed by atoms with E-state index in [4.69, 9.17) is 11.5 Å². The topological polar surface area (TPSA) is 64.9 Å². The molecule has 0 fully saturated rings. The van der Waals surface area contributed by atoms with Crippen molar-refractivity contribution < 1.29 is 0 Å². The summed E-state index contributed by atoms with van der Waals surface area (Å²) in [7, 11) is 0. The molecule has 0 saturated carbocycles. The van der Waals surface area contributed by atoms with E-state index in [0.717, 1.165) is 23.0 Å². The van der Waals surface area contributed by atoms with E-state index in [2.05, 4.69) is 20.9 Å². The third-order valence-electron chi connectivity index (χ3n) is 1.90. The van der Waals surface area contributed by atoms with E-state index in [1.807, 2.05) is 12.1 Å². The second-order valence-electron chi connectivity index (χ2n) is 2.95. The van der Waals surface area contributed by atoms with Crippen molar-refractivity contribution in [2.45, 2.75) is 18.9 Å². The van der Waals surface area contributed by atoms with Crippen LogP contribution in [0.1, 0.15) is 24.4 Å². The van der Waals surface area contributed by atoms with Crippen LogP contribution in [-0.4, -0.2) is 11.5 Å². The van der Waals surface area contributed by atoms with Gasteiger partial charge in [0.25, 0.3) is 0 Å². The second-order valence-corrected chi connectivity index (χ2v) is 3.76. The van der Waals surface area contributed by atoms with Gasteiger partial charge < -0.3 is 11.5 Å². The van der Waals surface area contributed by atoms with Crippen LogP contribution in [0.4, 0.5) is 0 Å². The monoisotopic (exact) mass is 243 g/mol. The molecule has 0 aliphatic rings. The van der Waals surface area contributed by atoms with E-state index < -0.39 is 0 Å². The first-order valence-electron chi connectivity index (χ1n) is 4.31. The summed E-state index contributed by atoms with van der Waals surface area (Å²) in [5.41, 5.74) is 12.4. The fraction of sp³-hybridized carbons (Fsp3) is 0.444. The van der Waals surface area contributed by atoms with Crippen LogP contribution in [0, 0.1) is 0 Å². The van der Waals surface area contributed by atoms with Crippen LogP contribution in [0.3, 0.4) is 0 Å². The van der Waals surface area contributed by atoms with Gasteiger partial charge in [-0.2, -0.15) is 0 Å². The van der Waals surface area contributed by atoms with Gasteiger partial charge in [0.05, 0.1) is 0 Å². The van der Waals surface area contributed by atoms with Crippen molar-refractivity contribution in [2.24, 2.45) is 11.5 Å². The van der Waals surface area contributed by atoms with Crippen LogP contribution in [0.15, 0.2) is 22.9 Å². The molecule has 72 valence electrons. The smallest absolute Gasteiger partial charge is 0.106 e. The zero-order valence-corrected chi connectivity index (χ0v) is 9.00. The Morgan fingerprint density at radius 2 is 2.23 bits per heavy atom. The Hall–Kier alpha value is -0.450. The number of pyridine rings is 1. The third-order valence-corrected chi connectivity index (χ3v) is 2.37. The van der Waals surface area contributed by atoms with E-state index in [-0.39, 0.29) is 6.04 Å². The highest BCUT2D eigenvalue weighted by atomic mass is 79.9. The summed E-state index contributed by atoms with van der Waals surface area (Å²) in [6.45, 7) is 0.692. The Bertz CT molecular complexity index is 248. The van der Waals surface area contributed by atoms with E-state index in [1.165, 1.54) is 0 Å². The predicted octanol–water partition coefficient (Wildman–Crippen LogP) is 1.58. The minimum absolute atomic E-state index is 0.0594. The number of halogens is 1. The summed E-state index contributed by atoms with van der Waals surface area (Å²) >= 11 is 3.28. The molecular weight excluding hydrogens is 230 g/mol. The first-order valence-corrected chi connectivity index (χ1v) is 5.10. The average Bonchev–Trinajstić information content (AvgIpc) is 2.15. The summed E-state index contributed by atoms with van der Waals surface area (Å²) in [4.78, 5) is 4.11. The van der Waals surface area contributed by atoms with Crippen molar-refractivity contribution in [3.63, 3.8) is 0 Å². The lowest BCUT2D eigenvalue weighted by atomic mass is 10.1. The van der Waals surface area contributed by atoms with Gasteiger partial charge in [0.15, 0.2) is 0 Å². The van der Waals surface area contributed by atoms with Crippen LogP contribution in [-0.2, 0) is 0 Å². The Morgan fingerprint density at radius 3 is 2.77 bits per heavy atom. The van der Waals surface area contributed by atoms with Crippen LogP contribution in [0.25, 0.3) is 0 Å². The average molecular weight is 244 g/mol. The molecule has 0 spiro atoms. The molecule has 0 aromatic carbocycles. The van der Waals surface area contributed by atoms with Gasteiger partial charge >= 0.3 is 0 Å². The molecule has 3 nitrogen and oxygen atoms in total. The lowest BCUT2D eigenvalue weighted by Gasteiger charge is -2.10. The summed E-state index contributed by atoms with van der Waals surface area (Å²) in [6.07, 6.45) is 3.67. The minimum Gasteiger partial charge on any atom is -0.330 e. The van der Waals surface area contributed by atoms with Crippen molar-refractivity contribution in [1.82, 2.24) is 4.98 Å². The van der Waals surface area contributed by atoms with Crippen LogP contribution in [0.5, 0.6) is 0 Å². The van der Waals surface area contributed by atoms with Gasteiger partial charge in [-0.3, -0.25) is 0 Å². The van der Waals surface area contributed by atoms with Gasteiger partial charge in [-0.05, 0) is 46.9 Å². The highest BCUT2D eigenvalue weighted by molar-refractivity contribution is 9.10. The van der Waals surface area contributed by atoms with E-state index >= 15 is 0 Å². The Labute approximate surface area is 86.7 Å². The Balaban J connectivity index is 2.55. The van der Waals surface area contributed by atoms with Crippen molar-refractivity contribution >= 4 is 15.9 Å². The molecule has 0 unspecified atom stereocenters. The lowest BCUT2D eigenvalue weighted by molar-refractivity contribution is 0.616. The predicted molar refractivity (Wildman–Crippen MR) is 57.2 cm³/mol. The Kier molecular flexibility index (Phi) is 4.35. The first-order chi connectivity index (χ1) is 6.24. The Morgan fingerprint density at radius 1 is 1.46 bits per heavy atom. The summed E-state index contributed by atoms with van der Waals surface area (Å²) in [5, 5.41) is 0. The molecule has 0 bridgehead atoms. The molecule has 0 aliphatic carbocycles. The highest BCUT2D eigenvalue weighted by Gasteiger charge is 2.04. The fourth-order valence-corrected chi connectivity index (χ4v) is 1.35. The third kappa shape index (κ3) is 3.42.